The van der Waals surface area contributed by atoms with Crippen molar-refractivity contribution in [3.63, 3.8) is 0 Å². The van der Waals surface area contributed by atoms with Crippen molar-refractivity contribution in [1.82, 2.24) is 10.5 Å². The molecule has 1 fully saturated rings. The van der Waals surface area contributed by atoms with Crippen LogP contribution < -0.4 is 5.32 Å². The first kappa shape index (κ1) is 12.6. The first-order chi connectivity index (χ1) is 8.38. The van der Waals surface area contributed by atoms with E-state index in [0.717, 1.165) is 18.0 Å². The molecule has 1 aromatic heterocycles. The van der Waals surface area contributed by atoms with Crippen LogP contribution in [0.3, 0.4) is 0 Å². The number of ether oxygens (including phenoxy) is 1. The molecule has 96 valence electrons. The molecule has 4 heteroatoms. The molecule has 0 unspecified atom stereocenters. The van der Waals surface area contributed by atoms with Crippen molar-refractivity contribution in [2.24, 2.45) is 0 Å². The third kappa shape index (κ3) is 4.13. The van der Waals surface area contributed by atoms with Gasteiger partial charge in [-0.25, -0.2) is 0 Å². The minimum absolute atomic E-state index is 0.496. The predicted octanol–water partition coefficient (Wildman–Crippen LogP) is 2.63. The molecule has 1 aliphatic rings. The van der Waals surface area contributed by atoms with Crippen LogP contribution in [0.15, 0.2) is 10.6 Å². The number of rotatable bonds is 5. The van der Waals surface area contributed by atoms with Crippen molar-refractivity contribution in [1.29, 1.82) is 0 Å². The van der Waals surface area contributed by atoms with Gasteiger partial charge in [-0.05, 0) is 12.8 Å². The van der Waals surface area contributed by atoms with Crippen LogP contribution in [0, 0.1) is 0 Å². The zero-order valence-corrected chi connectivity index (χ0v) is 10.6. The standard InChI is InChI=1S/C13H22N2O2/c1-16-10-13-8-12(15-17-13)9-14-11-6-4-2-3-5-7-11/h8,11,14H,2-7,9-10H2,1H3. The average Bonchev–Trinajstić information content (AvgIpc) is 2.63. The summed E-state index contributed by atoms with van der Waals surface area (Å²) in [5.41, 5.74) is 0.973. The van der Waals surface area contributed by atoms with E-state index in [9.17, 15) is 0 Å². The van der Waals surface area contributed by atoms with Gasteiger partial charge >= 0.3 is 0 Å². The van der Waals surface area contributed by atoms with Gasteiger partial charge in [0.15, 0.2) is 5.76 Å². The molecule has 1 saturated carbocycles. The molecule has 0 amide bonds. The summed E-state index contributed by atoms with van der Waals surface area (Å²) in [4.78, 5) is 0. The number of nitrogens with zero attached hydrogens (tertiary/aromatic N) is 1. The molecule has 1 heterocycles. The first-order valence-corrected chi connectivity index (χ1v) is 6.55. The fraction of sp³-hybridized carbons (Fsp3) is 0.769. The highest BCUT2D eigenvalue weighted by Crippen LogP contribution is 2.17. The zero-order valence-electron chi connectivity index (χ0n) is 10.6. The van der Waals surface area contributed by atoms with Crippen LogP contribution in [0.2, 0.25) is 0 Å². The van der Waals surface area contributed by atoms with Gasteiger partial charge in [0, 0.05) is 25.8 Å². The summed E-state index contributed by atoms with van der Waals surface area (Å²) in [6.45, 7) is 1.30. The van der Waals surface area contributed by atoms with E-state index in [1.165, 1.54) is 38.5 Å². The Hall–Kier alpha value is -0.870. The first-order valence-electron chi connectivity index (χ1n) is 6.55. The molecule has 0 aromatic carbocycles. The summed E-state index contributed by atoms with van der Waals surface area (Å²) in [5, 5.41) is 7.60. The van der Waals surface area contributed by atoms with Crippen LogP contribution in [-0.4, -0.2) is 18.3 Å². The van der Waals surface area contributed by atoms with E-state index >= 15 is 0 Å². The second-order valence-electron chi connectivity index (χ2n) is 4.79. The van der Waals surface area contributed by atoms with E-state index in [1.54, 1.807) is 7.11 Å². The van der Waals surface area contributed by atoms with Crippen LogP contribution in [-0.2, 0) is 17.9 Å². The Labute approximate surface area is 103 Å². The second kappa shape index (κ2) is 6.77. The molecule has 0 spiro atoms. The SMILES string of the molecule is COCc1cc(CNC2CCCCCC2)no1. The highest BCUT2D eigenvalue weighted by Gasteiger charge is 2.12. The van der Waals surface area contributed by atoms with Gasteiger partial charge in [0.05, 0.1) is 5.69 Å². The number of hydrogen-bond acceptors (Lipinski definition) is 4. The number of aromatic nitrogens is 1. The smallest absolute Gasteiger partial charge is 0.162 e. The summed E-state index contributed by atoms with van der Waals surface area (Å²) in [6.07, 6.45) is 8.07. The van der Waals surface area contributed by atoms with E-state index in [1.807, 2.05) is 6.07 Å². The van der Waals surface area contributed by atoms with E-state index in [-0.39, 0.29) is 0 Å². The quantitative estimate of drug-likeness (QED) is 0.801. The van der Waals surface area contributed by atoms with Gasteiger partial charge in [-0.1, -0.05) is 30.8 Å². The largest absolute Gasteiger partial charge is 0.377 e. The third-order valence-corrected chi connectivity index (χ3v) is 3.32. The minimum atomic E-state index is 0.496. The Bertz CT molecular complexity index is 317. The van der Waals surface area contributed by atoms with E-state index in [2.05, 4.69) is 10.5 Å². The molecule has 17 heavy (non-hydrogen) atoms. The Kier molecular flexibility index (Phi) is 5.01. The number of methoxy groups -OCH3 is 1. The lowest BCUT2D eigenvalue weighted by Crippen LogP contribution is -2.27. The van der Waals surface area contributed by atoms with E-state index in [4.69, 9.17) is 9.26 Å². The molecular formula is C13H22N2O2. The van der Waals surface area contributed by atoms with Crippen molar-refractivity contribution < 1.29 is 9.26 Å². The maximum atomic E-state index is 5.15. The number of nitrogens with one attached hydrogen (secondary N) is 1. The normalized spacial score (nSPS) is 18.2. The van der Waals surface area contributed by atoms with Gasteiger partial charge in [-0.15, -0.1) is 0 Å². The zero-order chi connectivity index (χ0) is 11.9. The van der Waals surface area contributed by atoms with Gasteiger partial charge in [0.1, 0.15) is 6.61 Å². The van der Waals surface area contributed by atoms with Crippen molar-refractivity contribution in [2.75, 3.05) is 7.11 Å². The van der Waals surface area contributed by atoms with Crippen LogP contribution in [0.1, 0.15) is 50.0 Å². The predicted molar refractivity (Wildman–Crippen MR) is 65.5 cm³/mol. The van der Waals surface area contributed by atoms with Gasteiger partial charge in [0.2, 0.25) is 0 Å². The topological polar surface area (TPSA) is 47.3 Å². The lowest BCUT2D eigenvalue weighted by Gasteiger charge is -2.14. The lowest BCUT2D eigenvalue weighted by atomic mass is 10.1. The van der Waals surface area contributed by atoms with E-state index in [0.29, 0.717) is 12.6 Å². The average molecular weight is 238 g/mol. The maximum Gasteiger partial charge on any atom is 0.162 e. The molecule has 1 aromatic rings. The Morgan fingerprint density at radius 3 is 2.82 bits per heavy atom. The summed E-state index contributed by atoms with van der Waals surface area (Å²) in [7, 11) is 1.66. The van der Waals surface area contributed by atoms with Crippen molar-refractivity contribution in [3.8, 4) is 0 Å². The lowest BCUT2D eigenvalue weighted by molar-refractivity contribution is 0.155. The molecule has 1 aliphatic carbocycles. The molecule has 0 saturated heterocycles. The van der Waals surface area contributed by atoms with Gasteiger partial charge in [-0.2, -0.15) is 0 Å². The summed E-state index contributed by atoms with van der Waals surface area (Å²) < 4.78 is 10.2. The summed E-state index contributed by atoms with van der Waals surface area (Å²) in [6, 6.07) is 2.62. The molecule has 4 nitrogen and oxygen atoms in total. The van der Waals surface area contributed by atoms with Crippen LogP contribution in [0.25, 0.3) is 0 Å². The molecular weight excluding hydrogens is 216 g/mol. The van der Waals surface area contributed by atoms with Crippen LogP contribution >= 0.6 is 0 Å². The van der Waals surface area contributed by atoms with Crippen LogP contribution in [0.4, 0.5) is 0 Å². The van der Waals surface area contributed by atoms with Gasteiger partial charge < -0.3 is 14.6 Å². The summed E-state index contributed by atoms with van der Waals surface area (Å²) in [5.74, 6) is 0.796. The third-order valence-electron chi connectivity index (χ3n) is 3.32. The van der Waals surface area contributed by atoms with Crippen LogP contribution in [0.5, 0.6) is 0 Å². The number of hydrogen-bond donors (Lipinski definition) is 1. The molecule has 0 bridgehead atoms. The maximum absolute atomic E-state index is 5.15. The monoisotopic (exact) mass is 238 g/mol. The van der Waals surface area contributed by atoms with Crippen molar-refractivity contribution in [2.45, 2.75) is 57.7 Å². The summed E-state index contributed by atoms with van der Waals surface area (Å²) >= 11 is 0. The molecule has 0 aliphatic heterocycles. The van der Waals surface area contributed by atoms with Gasteiger partial charge in [0.25, 0.3) is 0 Å². The Balaban J connectivity index is 1.75. The molecule has 2 rings (SSSR count). The Morgan fingerprint density at radius 1 is 1.35 bits per heavy atom. The van der Waals surface area contributed by atoms with E-state index < -0.39 is 0 Å². The molecule has 0 radical (unpaired) electrons. The highest BCUT2D eigenvalue weighted by atomic mass is 16.5. The molecule has 1 N–H and O–H groups in total. The van der Waals surface area contributed by atoms with Gasteiger partial charge in [-0.3, -0.25) is 0 Å². The second-order valence-corrected chi connectivity index (χ2v) is 4.79. The minimum Gasteiger partial charge on any atom is -0.377 e. The fourth-order valence-corrected chi connectivity index (χ4v) is 2.38. The van der Waals surface area contributed by atoms with Crippen molar-refractivity contribution in [3.05, 3.63) is 17.5 Å². The molecule has 0 atom stereocenters. The van der Waals surface area contributed by atoms with Crippen molar-refractivity contribution >= 4 is 0 Å². The Morgan fingerprint density at radius 2 is 2.12 bits per heavy atom. The fourth-order valence-electron chi connectivity index (χ4n) is 2.38. The highest BCUT2D eigenvalue weighted by molar-refractivity contribution is 5.04.